The van der Waals surface area contributed by atoms with Crippen LogP contribution in [0.2, 0.25) is 0 Å². The molecule has 4 aromatic rings. The highest BCUT2D eigenvalue weighted by Crippen LogP contribution is 2.33. The Morgan fingerprint density at radius 1 is 1.12 bits per heavy atom. The molecule has 1 aliphatic rings. The number of benzene rings is 3. The Hall–Kier alpha value is -2.71. The van der Waals surface area contributed by atoms with Gasteiger partial charge in [-0.05, 0) is 41.5 Å². The maximum absolute atomic E-state index is 14.0. The second-order valence-electron chi connectivity index (χ2n) is 8.23. The van der Waals surface area contributed by atoms with Gasteiger partial charge in [0, 0.05) is 26.2 Å². The van der Waals surface area contributed by atoms with E-state index in [2.05, 4.69) is 24.0 Å². The number of hydrogen-bond acceptors (Lipinski definition) is 6. The molecule has 0 bridgehead atoms. The quantitative estimate of drug-likeness (QED) is 0.368. The van der Waals surface area contributed by atoms with E-state index in [0.29, 0.717) is 23.0 Å². The molecular formula is C26H28ClN3O3S. The molecule has 5 rings (SSSR count). The fourth-order valence-electron chi connectivity index (χ4n) is 4.24. The molecule has 0 N–H and O–H groups in total. The molecule has 0 aliphatic carbocycles. The van der Waals surface area contributed by atoms with E-state index in [4.69, 9.17) is 14.5 Å². The van der Waals surface area contributed by atoms with Crippen LogP contribution >= 0.6 is 23.7 Å². The Morgan fingerprint density at radius 2 is 1.85 bits per heavy atom. The molecule has 34 heavy (non-hydrogen) atoms. The molecule has 3 aromatic carbocycles. The van der Waals surface area contributed by atoms with Crippen LogP contribution in [0.1, 0.15) is 15.9 Å². The summed E-state index contributed by atoms with van der Waals surface area (Å²) in [6.07, 6.45) is 0. The van der Waals surface area contributed by atoms with Crippen LogP contribution in [0.3, 0.4) is 0 Å². The van der Waals surface area contributed by atoms with Gasteiger partial charge in [0.15, 0.2) is 5.13 Å². The highest BCUT2D eigenvalue weighted by atomic mass is 35.5. The molecule has 0 atom stereocenters. The predicted molar refractivity (Wildman–Crippen MR) is 141 cm³/mol. The summed E-state index contributed by atoms with van der Waals surface area (Å²) in [5, 5.41) is 2.77. The predicted octanol–water partition coefficient (Wildman–Crippen LogP) is 5.17. The SMILES string of the molecule is COc1cc2ccccc2cc1C(=O)N(CCN1CCOCC1)c1nc2c(C)cccc2s1.Cl. The van der Waals surface area contributed by atoms with Crippen LogP contribution in [0, 0.1) is 6.92 Å². The van der Waals surface area contributed by atoms with Crippen LogP contribution < -0.4 is 9.64 Å². The van der Waals surface area contributed by atoms with Gasteiger partial charge in [0.2, 0.25) is 0 Å². The number of amides is 1. The fourth-order valence-corrected chi connectivity index (χ4v) is 5.31. The number of carbonyl (C=O) groups is 1. The minimum atomic E-state index is -0.0948. The zero-order valence-corrected chi connectivity index (χ0v) is 21.0. The van der Waals surface area contributed by atoms with Gasteiger partial charge in [-0.1, -0.05) is 47.7 Å². The highest BCUT2D eigenvalue weighted by molar-refractivity contribution is 7.22. The number of fused-ring (bicyclic) bond motifs is 2. The van der Waals surface area contributed by atoms with Crippen LogP contribution in [0.15, 0.2) is 54.6 Å². The molecule has 0 spiro atoms. The first kappa shape index (κ1) is 24.4. The minimum Gasteiger partial charge on any atom is -0.496 e. The van der Waals surface area contributed by atoms with Crippen molar-refractivity contribution in [2.45, 2.75) is 6.92 Å². The van der Waals surface area contributed by atoms with Crippen LogP contribution in [-0.4, -0.2) is 62.3 Å². The average Bonchev–Trinajstić information content (AvgIpc) is 3.29. The number of ether oxygens (including phenoxy) is 2. The summed E-state index contributed by atoms with van der Waals surface area (Å²) in [4.78, 5) is 23.0. The third kappa shape index (κ3) is 4.88. The summed E-state index contributed by atoms with van der Waals surface area (Å²) in [5.41, 5.74) is 2.61. The van der Waals surface area contributed by atoms with Crippen molar-refractivity contribution in [1.29, 1.82) is 0 Å². The summed E-state index contributed by atoms with van der Waals surface area (Å²) in [5.74, 6) is 0.481. The number of carbonyl (C=O) groups excluding carboxylic acids is 1. The van der Waals surface area contributed by atoms with E-state index in [-0.39, 0.29) is 18.3 Å². The van der Waals surface area contributed by atoms with Gasteiger partial charge in [0.05, 0.1) is 36.1 Å². The number of rotatable bonds is 6. The molecule has 0 unspecified atom stereocenters. The topological polar surface area (TPSA) is 54.9 Å². The molecule has 0 radical (unpaired) electrons. The lowest BCUT2D eigenvalue weighted by molar-refractivity contribution is 0.0391. The molecule has 8 heteroatoms. The Morgan fingerprint density at radius 3 is 2.56 bits per heavy atom. The molecule has 1 saturated heterocycles. The van der Waals surface area contributed by atoms with Crippen LogP contribution in [-0.2, 0) is 4.74 Å². The second kappa shape index (κ2) is 10.7. The number of thiazole rings is 1. The molecule has 1 aliphatic heterocycles. The smallest absolute Gasteiger partial charge is 0.263 e. The van der Waals surface area contributed by atoms with E-state index in [0.717, 1.165) is 59.4 Å². The Balaban J connectivity index is 0.00000274. The molecule has 2 heterocycles. The Labute approximate surface area is 209 Å². The molecule has 6 nitrogen and oxygen atoms in total. The van der Waals surface area contributed by atoms with E-state index in [1.807, 2.05) is 47.4 Å². The van der Waals surface area contributed by atoms with E-state index < -0.39 is 0 Å². The minimum absolute atomic E-state index is 0. The number of aryl methyl sites for hydroxylation is 1. The van der Waals surface area contributed by atoms with Crippen molar-refractivity contribution in [2.75, 3.05) is 51.4 Å². The third-order valence-electron chi connectivity index (χ3n) is 6.13. The Kier molecular flexibility index (Phi) is 7.68. The molecular weight excluding hydrogens is 470 g/mol. The average molecular weight is 498 g/mol. The van der Waals surface area contributed by atoms with Gasteiger partial charge in [-0.25, -0.2) is 4.98 Å². The summed E-state index contributed by atoms with van der Waals surface area (Å²) in [6, 6.07) is 18.0. The largest absolute Gasteiger partial charge is 0.496 e. The molecule has 1 fully saturated rings. The maximum Gasteiger partial charge on any atom is 0.263 e. The first-order chi connectivity index (χ1) is 16.1. The highest BCUT2D eigenvalue weighted by Gasteiger charge is 2.26. The number of anilines is 1. The summed E-state index contributed by atoms with van der Waals surface area (Å²) >= 11 is 1.56. The summed E-state index contributed by atoms with van der Waals surface area (Å²) < 4.78 is 12.2. The van der Waals surface area contributed by atoms with Gasteiger partial charge < -0.3 is 9.47 Å². The van der Waals surface area contributed by atoms with Crippen molar-refractivity contribution < 1.29 is 14.3 Å². The first-order valence-corrected chi connectivity index (χ1v) is 12.0. The van der Waals surface area contributed by atoms with E-state index >= 15 is 0 Å². The number of para-hydroxylation sites is 1. The van der Waals surface area contributed by atoms with E-state index in [1.54, 1.807) is 18.4 Å². The van der Waals surface area contributed by atoms with Gasteiger partial charge in [-0.15, -0.1) is 12.4 Å². The van der Waals surface area contributed by atoms with Gasteiger partial charge >= 0.3 is 0 Å². The molecule has 1 aromatic heterocycles. The third-order valence-corrected chi connectivity index (χ3v) is 7.17. The lowest BCUT2D eigenvalue weighted by Gasteiger charge is -2.29. The number of aromatic nitrogens is 1. The van der Waals surface area contributed by atoms with Gasteiger partial charge in [-0.3, -0.25) is 14.6 Å². The number of hydrogen-bond donors (Lipinski definition) is 0. The van der Waals surface area contributed by atoms with Gasteiger partial charge in [0.1, 0.15) is 5.75 Å². The van der Waals surface area contributed by atoms with Crippen LogP contribution in [0.5, 0.6) is 5.75 Å². The van der Waals surface area contributed by atoms with Crippen molar-refractivity contribution in [1.82, 2.24) is 9.88 Å². The number of nitrogens with zero attached hydrogens (tertiary/aromatic N) is 3. The monoisotopic (exact) mass is 497 g/mol. The van der Waals surface area contributed by atoms with Crippen molar-refractivity contribution in [3.63, 3.8) is 0 Å². The lowest BCUT2D eigenvalue weighted by Crippen LogP contribution is -2.43. The fraction of sp³-hybridized carbons (Fsp3) is 0.308. The standard InChI is InChI=1S/C26H27N3O3S.ClH/c1-18-6-5-9-23-24(18)27-26(33-23)29(11-10-28-12-14-32-15-13-28)25(30)21-16-19-7-3-4-8-20(19)17-22(21)31-2;/h3-9,16-17H,10-15H2,1-2H3;1H. The molecule has 1 amide bonds. The zero-order chi connectivity index (χ0) is 22.8. The molecule has 178 valence electrons. The van der Waals surface area contributed by atoms with Crippen molar-refractivity contribution in [2.24, 2.45) is 0 Å². The second-order valence-corrected chi connectivity index (χ2v) is 9.24. The summed E-state index contributed by atoms with van der Waals surface area (Å²) in [7, 11) is 1.61. The van der Waals surface area contributed by atoms with Crippen molar-refractivity contribution >= 4 is 55.8 Å². The zero-order valence-electron chi connectivity index (χ0n) is 19.3. The summed E-state index contributed by atoms with van der Waals surface area (Å²) in [6.45, 7) is 6.58. The van der Waals surface area contributed by atoms with E-state index in [9.17, 15) is 4.79 Å². The Bertz CT molecular complexity index is 1300. The number of methoxy groups -OCH3 is 1. The lowest BCUT2D eigenvalue weighted by atomic mass is 10.0. The van der Waals surface area contributed by atoms with Gasteiger partial charge in [-0.2, -0.15) is 0 Å². The van der Waals surface area contributed by atoms with Crippen LogP contribution in [0.25, 0.3) is 21.0 Å². The molecule has 0 saturated carbocycles. The normalized spacial score (nSPS) is 14.2. The van der Waals surface area contributed by atoms with Crippen molar-refractivity contribution in [3.05, 3.63) is 65.7 Å². The van der Waals surface area contributed by atoms with Gasteiger partial charge in [0.25, 0.3) is 5.91 Å². The maximum atomic E-state index is 14.0. The van der Waals surface area contributed by atoms with Crippen LogP contribution in [0.4, 0.5) is 5.13 Å². The number of morpholine rings is 1. The first-order valence-electron chi connectivity index (χ1n) is 11.2. The van der Waals surface area contributed by atoms with Crippen molar-refractivity contribution in [3.8, 4) is 5.75 Å². The number of halogens is 1. The van der Waals surface area contributed by atoms with E-state index in [1.165, 1.54) is 0 Å².